The predicted molar refractivity (Wildman–Crippen MR) is 53.6 cm³/mol. The average molecular weight is 196 g/mol. The van der Waals surface area contributed by atoms with E-state index < -0.39 is 5.97 Å². The van der Waals surface area contributed by atoms with E-state index in [-0.39, 0.29) is 5.92 Å². The lowest BCUT2D eigenvalue weighted by atomic mass is 10.1. The summed E-state index contributed by atoms with van der Waals surface area (Å²) in [6.07, 6.45) is 2.57. The minimum atomic E-state index is -0.893. The van der Waals surface area contributed by atoms with E-state index in [0.717, 1.165) is 13.0 Å². The molecule has 0 saturated heterocycles. The highest BCUT2D eigenvalue weighted by molar-refractivity contribution is 5.88. The fourth-order valence-corrected chi connectivity index (χ4v) is 1.37. The van der Waals surface area contributed by atoms with E-state index in [0.29, 0.717) is 11.3 Å². The highest BCUT2D eigenvalue weighted by Gasteiger charge is 2.17. The number of aromatic nitrogens is 2. The average Bonchev–Trinajstić information content (AvgIpc) is 2.49. The Morgan fingerprint density at radius 3 is 2.64 bits per heavy atom. The Balaban J connectivity index is 3.06. The molecule has 1 aromatic heterocycles. The maximum Gasteiger partial charge on any atom is 0.339 e. The van der Waals surface area contributed by atoms with Crippen LogP contribution < -0.4 is 0 Å². The summed E-state index contributed by atoms with van der Waals surface area (Å²) in [5.74, 6) is -0.741. The lowest BCUT2D eigenvalue weighted by molar-refractivity contribution is 0.0695. The lowest BCUT2D eigenvalue weighted by Crippen LogP contribution is -2.01. The van der Waals surface area contributed by atoms with Gasteiger partial charge in [-0.2, -0.15) is 5.10 Å². The van der Waals surface area contributed by atoms with Gasteiger partial charge in [0.2, 0.25) is 0 Å². The van der Waals surface area contributed by atoms with Crippen molar-refractivity contribution in [2.45, 2.75) is 39.7 Å². The van der Waals surface area contributed by atoms with Crippen molar-refractivity contribution in [1.82, 2.24) is 9.78 Å². The van der Waals surface area contributed by atoms with Crippen LogP contribution in [0.25, 0.3) is 0 Å². The number of carbonyl (C=O) groups is 1. The highest BCUT2D eigenvalue weighted by atomic mass is 16.4. The molecular weight excluding hydrogens is 180 g/mol. The molecule has 0 bridgehead atoms. The van der Waals surface area contributed by atoms with Gasteiger partial charge in [0.15, 0.2) is 0 Å². The minimum Gasteiger partial charge on any atom is -0.478 e. The second-order valence-electron chi connectivity index (χ2n) is 3.65. The van der Waals surface area contributed by atoms with Crippen molar-refractivity contribution in [2.24, 2.45) is 0 Å². The van der Waals surface area contributed by atoms with Crippen molar-refractivity contribution in [2.75, 3.05) is 0 Å². The molecule has 14 heavy (non-hydrogen) atoms. The SMILES string of the molecule is CCCn1cc(C(=O)O)c(C(C)C)n1. The van der Waals surface area contributed by atoms with Gasteiger partial charge in [-0.1, -0.05) is 20.8 Å². The smallest absolute Gasteiger partial charge is 0.339 e. The Labute approximate surface area is 83.5 Å². The molecule has 0 spiro atoms. The van der Waals surface area contributed by atoms with Gasteiger partial charge < -0.3 is 5.11 Å². The van der Waals surface area contributed by atoms with Crippen molar-refractivity contribution in [3.63, 3.8) is 0 Å². The fourth-order valence-electron chi connectivity index (χ4n) is 1.37. The van der Waals surface area contributed by atoms with Crippen LogP contribution in [0, 0.1) is 0 Å². The number of hydrogen-bond donors (Lipinski definition) is 1. The summed E-state index contributed by atoms with van der Waals surface area (Å²) < 4.78 is 1.71. The summed E-state index contributed by atoms with van der Waals surface area (Å²) in [7, 11) is 0. The zero-order valence-electron chi connectivity index (χ0n) is 8.82. The normalized spacial score (nSPS) is 10.9. The summed E-state index contributed by atoms with van der Waals surface area (Å²) in [4.78, 5) is 10.9. The molecule has 1 heterocycles. The second-order valence-corrected chi connectivity index (χ2v) is 3.65. The van der Waals surface area contributed by atoms with Crippen molar-refractivity contribution in [3.8, 4) is 0 Å². The molecule has 0 aliphatic rings. The van der Waals surface area contributed by atoms with Crippen LogP contribution in [-0.2, 0) is 6.54 Å². The van der Waals surface area contributed by atoms with Crippen LogP contribution in [0.1, 0.15) is 49.2 Å². The Morgan fingerprint density at radius 1 is 1.64 bits per heavy atom. The van der Waals surface area contributed by atoms with Crippen LogP contribution in [0.15, 0.2) is 6.20 Å². The lowest BCUT2D eigenvalue weighted by Gasteiger charge is -2.00. The van der Waals surface area contributed by atoms with Crippen LogP contribution in [0.2, 0.25) is 0 Å². The Bertz CT molecular complexity index is 329. The van der Waals surface area contributed by atoms with Gasteiger partial charge in [0.25, 0.3) is 0 Å². The zero-order valence-corrected chi connectivity index (χ0v) is 8.82. The van der Waals surface area contributed by atoms with E-state index in [1.807, 2.05) is 20.8 Å². The largest absolute Gasteiger partial charge is 0.478 e. The van der Waals surface area contributed by atoms with Crippen LogP contribution in [0.5, 0.6) is 0 Å². The molecule has 78 valence electrons. The molecular formula is C10H16N2O2. The van der Waals surface area contributed by atoms with Gasteiger partial charge >= 0.3 is 5.97 Å². The number of aryl methyl sites for hydroxylation is 1. The standard InChI is InChI=1S/C10H16N2O2/c1-4-5-12-6-8(10(13)14)9(11-12)7(2)3/h6-7H,4-5H2,1-3H3,(H,13,14). The first-order valence-electron chi connectivity index (χ1n) is 4.86. The Morgan fingerprint density at radius 2 is 2.29 bits per heavy atom. The van der Waals surface area contributed by atoms with Gasteiger partial charge in [0.05, 0.1) is 5.69 Å². The van der Waals surface area contributed by atoms with Gasteiger partial charge in [0.1, 0.15) is 5.56 Å². The van der Waals surface area contributed by atoms with Gasteiger partial charge in [-0.05, 0) is 12.3 Å². The number of carboxylic acid groups (broad SMARTS) is 1. The molecule has 1 N–H and O–H groups in total. The second kappa shape index (κ2) is 4.26. The first-order chi connectivity index (χ1) is 6.56. The summed E-state index contributed by atoms with van der Waals surface area (Å²) in [5.41, 5.74) is 0.999. The Hall–Kier alpha value is -1.32. The predicted octanol–water partition coefficient (Wildman–Crippen LogP) is 2.11. The van der Waals surface area contributed by atoms with E-state index in [1.165, 1.54) is 0 Å². The third-order valence-corrected chi connectivity index (χ3v) is 2.02. The van der Waals surface area contributed by atoms with Gasteiger partial charge in [0, 0.05) is 12.7 Å². The first kappa shape index (κ1) is 10.8. The highest BCUT2D eigenvalue weighted by Crippen LogP contribution is 2.17. The number of rotatable bonds is 4. The number of hydrogen-bond acceptors (Lipinski definition) is 2. The fraction of sp³-hybridized carbons (Fsp3) is 0.600. The summed E-state index contributed by atoms with van der Waals surface area (Å²) >= 11 is 0. The summed E-state index contributed by atoms with van der Waals surface area (Å²) in [5, 5.41) is 13.2. The number of aromatic carboxylic acids is 1. The number of nitrogens with zero attached hydrogens (tertiary/aromatic N) is 2. The Kier molecular flexibility index (Phi) is 3.28. The van der Waals surface area contributed by atoms with Crippen molar-refractivity contribution < 1.29 is 9.90 Å². The topological polar surface area (TPSA) is 55.1 Å². The van der Waals surface area contributed by atoms with Crippen LogP contribution in [0.4, 0.5) is 0 Å². The van der Waals surface area contributed by atoms with Gasteiger partial charge in [-0.3, -0.25) is 4.68 Å². The van der Waals surface area contributed by atoms with E-state index >= 15 is 0 Å². The molecule has 0 unspecified atom stereocenters. The quantitative estimate of drug-likeness (QED) is 0.802. The molecule has 0 aliphatic carbocycles. The van der Waals surface area contributed by atoms with Crippen molar-refractivity contribution in [3.05, 3.63) is 17.5 Å². The summed E-state index contributed by atoms with van der Waals surface area (Å²) in [6, 6.07) is 0. The molecule has 0 amide bonds. The van der Waals surface area contributed by atoms with Crippen LogP contribution in [0.3, 0.4) is 0 Å². The molecule has 0 fully saturated rings. The molecule has 0 aromatic carbocycles. The molecule has 0 saturated carbocycles. The molecule has 4 nitrogen and oxygen atoms in total. The maximum absolute atomic E-state index is 10.9. The third-order valence-electron chi connectivity index (χ3n) is 2.02. The minimum absolute atomic E-state index is 0.152. The third kappa shape index (κ3) is 2.13. The summed E-state index contributed by atoms with van der Waals surface area (Å²) in [6.45, 7) is 6.71. The molecule has 1 rings (SSSR count). The number of carboxylic acids is 1. The van der Waals surface area contributed by atoms with Gasteiger partial charge in [-0.25, -0.2) is 4.79 Å². The van der Waals surface area contributed by atoms with Crippen LogP contribution >= 0.6 is 0 Å². The first-order valence-corrected chi connectivity index (χ1v) is 4.86. The van der Waals surface area contributed by atoms with E-state index in [4.69, 9.17) is 5.11 Å². The van der Waals surface area contributed by atoms with Crippen molar-refractivity contribution >= 4 is 5.97 Å². The van der Waals surface area contributed by atoms with Crippen molar-refractivity contribution in [1.29, 1.82) is 0 Å². The molecule has 0 atom stereocenters. The monoisotopic (exact) mass is 196 g/mol. The zero-order chi connectivity index (χ0) is 10.7. The molecule has 0 radical (unpaired) electrons. The van der Waals surface area contributed by atoms with Crippen LogP contribution in [-0.4, -0.2) is 20.9 Å². The van der Waals surface area contributed by atoms with E-state index in [9.17, 15) is 4.79 Å². The van der Waals surface area contributed by atoms with E-state index in [2.05, 4.69) is 5.10 Å². The maximum atomic E-state index is 10.9. The van der Waals surface area contributed by atoms with E-state index in [1.54, 1.807) is 10.9 Å². The molecule has 1 aromatic rings. The molecule has 0 aliphatic heterocycles. The molecule has 4 heteroatoms. The van der Waals surface area contributed by atoms with Gasteiger partial charge in [-0.15, -0.1) is 0 Å².